The molecule has 6 nitrogen and oxygen atoms in total. The third-order valence-corrected chi connectivity index (χ3v) is 8.61. The predicted octanol–water partition coefficient (Wildman–Crippen LogP) is 2.72. The quantitative estimate of drug-likeness (QED) is 0.592. The molecular weight excluding hydrogens is 298 g/mol. The lowest BCUT2D eigenvalue weighted by atomic mass is 10.2. The van der Waals surface area contributed by atoms with E-state index < -0.39 is 14.3 Å². The van der Waals surface area contributed by atoms with Crippen LogP contribution in [0.4, 0.5) is 5.95 Å². The number of hydrogen-bond acceptors (Lipinski definition) is 6. The number of esters is 1. The summed E-state index contributed by atoms with van der Waals surface area (Å²) in [6.07, 6.45) is 1.56. The van der Waals surface area contributed by atoms with E-state index in [0.717, 1.165) is 0 Å². The van der Waals surface area contributed by atoms with Gasteiger partial charge in [-0.25, -0.2) is 14.8 Å². The maximum absolute atomic E-state index is 11.5. The normalized spacial score (nSPS) is 12.1. The molecule has 0 fully saturated rings. The van der Waals surface area contributed by atoms with Gasteiger partial charge in [0.25, 0.3) is 0 Å². The standard InChI is InChI=1S/C15H27N3O3Si/c1-15(2,3)22(6,7)21-11-10-18(4)14-16-9-8-12(17-14)13(19)20-5/h8-9H,10-11H2,1-7H3. The zero-order valence-electron chi connectivity index (χ0n) is 14.6. The Hall–Kier alpha value is -1.47. The second-order valence-corrected chi connectivity index (χ2v) is 11.6. The van der Waals surface area contributed by atoms with Crippen LogP contribution < -0.4 is 4.90 Å². The number of anilines is 1. The summed E-state index contributed by atoms with van der Waals surface area (Å²) in [5.41, 5.74) is 0.254. The number of nitrogens with zero attached hydrogens (tertiary/aromatic N) is 3. The Morgan fingerprint density at radius 3 is 2.55 bits per heavy atom. The van der Waals surface area contributed by atoms with E-state index in [9.17, 15) is 4.79 Å². The highest BCUT2D eigenvalue weighted by molar-refractivity contribution is 6.74. The summed E-state index contributed by atoms with van der Waals surface area (Å²) in [5, 5.41) is 0.187. The SMILES string of the molecule is COC(=O)c1ccnc(N(C)CCO[Si](C)(C)C(C)(C)C)n1. The first kappa shape index (κ1) is 18.6. The molecule has 0 radical (unpaired) electrons. The maximum atomic E-state index is 11.5. The fraction of sp³-hybridized carbons (Fsp3) is 0.667. The van der Waals surface area contributed by atoms with E-state index in [1.807, 2.05) is 11.9 Å². The van der Waals surface area contributed by atoms with Crippen molar-refractivity contribution >= 4 is 20.2 Å². The molecule has 0 aromatic carbocycles. The van der Waals surface area contributed by atoms with Crippen LogP contribution in [0.15, 0.2) is 12.3 Å². The Morgan fingerprint density at radius 2 is 2.00 bits per heavy atom. The molecule has 1 rings (SSSR count). The molecule has 0 aliphatic heterocycles. The summed E-state index contributed by atoms with van der Waals surface area (Å²) in [6, 6.07) is 1.54. The lowest BCUT2D eigenvalue weighted by molar-refractivity contribution is 0.0594. The Balaban J connectivity index is 2.63. The molecule has 0 N–H and O–H groups in total. The largest absolute Gasteiger partial charge is 0.464 e. The lowest BCUT2D eigenvalue weighted by Crippen LogP contribution is -2.42. The zero-order valence-corrected chi connectivity index (χ0v) is 15.6. The molecule has 0 atom stereocenters. The van der Waals surface area contributed by atoms with Gasteiger partial charge in [0.15, 0.2) is 14.0 Å². The van der Waals surface area contributed by atoms with E-state index in [4.69, 9.17) is 4.43 Å². The van der Waals surface area contributed by atoms with Gasteiger partial charge in [-0.2, -0.15) is 0 Å². The van der Waals surface area contributed by atoms with Crippen LogP contribution in [0, 0.1) is 0 Å². The number of hydrogen-bond donors (Lipinski definition) is 0. The van der Waals surface area contributed by atoms with Crippen molar-refractivity contribution in [3.8, 4) is 0 Å². The lowest BCUT2D eigenvalue weighted by Gasteiger charge is -2.36. The minimum absolute atomic E-state index is 0.187. The molecule has 124 valence electrons. The minimum Gasteiger partial charge on any atom is -0.464 e. The Labute approximate surface area is 134 Å². The van der Waals surface area contributed by atoms with Crippen LogP contribution in [-0.4, -0.2) is 51.6 Å². The van der Waals surface area contributed by atoms with E-state index in [-0.39, 0.29) is 10.7 Å². The van der Waals surface area contributed by atoms with Crippen molar-refractivity contribution in [2.45, 2.75) is 38.9 Å². The summed E-state index contributed by atoms with van der Waals surface area (Å²) in [5.74, 6) is 0.0244. The van der Waals surface area contributed by atoms with Crippen molar-refractivity contribution in [2.24, 2.45) is 0 Å². The van der Waals surface area contributed by atoms with E-state index in [1.54, 1.807) is 6.20 Å². The minimum atomic E-state index is -1.75. The molecule has 22 heavy (non-hydrogen) atoms. The Morgan fingerprint density at radius 1 is 1.36 bits per heavy atom. The summed E-state index contributed by atoms with van der Waals surface area (Å²) in [6.45, 7) is 12.4. The monoisotopic (exact) mass is 325 g/mol. The van der Waals surface area contributed by atoms with E-state index in [2.05, 4.69) is 48.6 Å². The molecule has 0 amide bonds. The summed E-state index contributed by atoms with van der Waals surface area (Å²) < 4.78 is 10.8. The van der Waals surface area contributed by atoms with E-state index >= 15 is 0 Å². The fourth-order valence-electron chi connectivity index (χ4n) is 1.50. The Kier molecular flexibility index (Phi) is 6.07. The second-order valence-electron chi connectivity index (χ2n) is 6.76. The third-order valence-electron chi connectivity index (χ3n) is 4.07. The molecule has 0 aliphatic rings. The number of carbonyl (C=O) groups excluding carboxylic acids is 1. The van der Waals surface area contributed by atoms with Gasteiger partial charge in [0.2, 0.25) is 5.95 Å². The number of carbonyl (C=O) groups is 1. The van der Waals surface area contributed by atoms with Gasteiger partial charge in [-0.3, -0.25) is 0 Å². The first-order valence-electron chi connectivity index (χ1n) is 7.35. The van der Waals surface area contributed by atoms with Crippen molar-refractivity contribution in [3.05, 3.63) is 18.0 Å². The molecule has 1 aromatic heterocycles. The first-order chi connectivity index (χ1) is 10.1. The summed E-state index contributed by atoms with van der Waals surface area (Å²) in [4.78, 5) is 21.8. The summed E-state index contributed by atoms with van der Waals surface area (Å²) >= 11 is 0. The smallest absolute Gasteiger partial charge is 0.356 e. The van der Waals surface area contributed by atoms with Gasteiger partial charge in [0.1, 0.15) is 0 Å². The van der Waals surface area contributed by atoms with Crippen LogP contribution in [0.5, 0.6) is 0 Å². The molecule has 0 aliphatic carbocycles. The topological polar surface area (TPSA) is 64.5 Å². The highest BCUT2D eigenvalue weighted by Crippen LogP contribution is 2.36. The molecule has 0 bridgehead atoms. The van der Waals surface area contributed by atoms with Crippen LogP contribution in [-0.2, 0) is 9.16 Å². The van der Waals surface area contributed by atoms with Crippen LogP contribution in [0.25, 0.3) is 0 Å². The molecule has 1 heterocycles. The average Bonchev–Trinajstić information content (AvgIpc) is 2.45. The van der Waals surface area contributed by atoms with Crippen molar-refractivity contribution in [3.63, 3.8) is 0 Å². The summed E-state index contributed by atoms with van der Waals surface area (Å²) in [7, 11) is 1.47. The van der Waals surface area contributed by atoms with Gasteiger partial charge in [0, 0.05) is 19.8 Å². The molecular formula is C15H27N3O3Si. The van der Waals surface area contributed by atoms with E-state index in [1.165, 1.54) is 13.2 Å². The van der Waals surface area contributed by atoms with Gasteiger partial charge in [0.05, 0.1) is 13.7 Å². The molecule has 1 aromatic rings. The van der Waals surface area contributed by atoms with Crippen molar-refractivity contribution in [2.75, 3.05) is 32.2 Å². The number of ether oxygens (including phenoxy) is 1. The van der Waals surface area contributed by atoms with Crippen molar-refractivity contribution < 1.29 is 14.0 Å². The molecule has 0 spiro atoms. The molecule has 0 unspecified atom stereocenters. The highest BCUT2D eigenvalue weighted by atomic mass is 28.4. The van der Waals surface area contributed by atoms with Gasteiger partial charge in [-0.05, 0) is 24.2 Å². The predicted molar refractivity (Wildman–Crippen MR) is 89.8 cm³/mol. The van der Waals surface area contributed by atoms with Crippen molar-refractivity contribution in [1.29, 1.82) is 0 Å². The average molecular weight is 325 g/mol. The third kappa shape index (κ3) is 4.77. The van der Waals surface area contributed by atoms with Crippen LogP contribution in [0.2, 0.25) is 18.1 Å². The van der Waals surface area contributed by atoms with Gasteiger partial charge in [-0.15, -0.1) is 0 Å². The van der Waals surface area contributed by atoms with Crippen LogP contribution >= 0.6 is 0 Å². The zero-order chi connectivity index (χ0) is 17.0. The van der Waals surface area contributed by atoms with Crippen molar-refractivity contribution in [1.82, 2.24) is 9.97 Å². The number of aromatic nitrogens is 2. The van der Waals surface area contributed by atoms with Crippen LogP contribution in [0.1, 0.15) is 31.3 Å². The number of methoxy groups -OCH3 is 1. The van der Waals surface area contributed by atoms with E-state index in [0.29, 0.717) is 19.1 Å². The fourth-order valence-corrected chi connectivity index (χ4v) is 2.54. The highest BCUT2D eigenvalue weighted by Gasteiger charge is 2.36. The number of likely N-dealkylation sites (N-methyl/N-ethyl adjacent to an activating group) is 1. The first-order valence-corrected chi connectivity index (χ1v) is 10.3. The maximum Gasteiger partial charge on any atom is 0.356 e. The van der Waals surface area contributed by atoms with Crippen LogP contribution in [0.3, 0.4) is 0 Å². The van der Waals surface area contributed by atoms with Gasteiger partial charge < -0.3 is 14.1 Å². The molecule has 7 heteroatoms. The van der Waals surface area contributed by atoms with Gasteiger partial charge in [-0.1, -0.05) is 20.8 Å². The molecule has 0 saturated heterocycles. The van der Waals surface area contributed by atoms with Gasteiger partial charge >= 0.3 is 5.97 Å². The Bertz CT molecular complexity index is 515. The second kappa shape index (κ2) is 7.19. The number of rotatable bonds is 6. The molecule has 0 saturated carbocycles.